The van der Waals surface area contributed by atoms with E-state index in [4.69, 9.17) is 0 Å². The first-order chi connectivity index (χ1) is 10.7. The maximum Gasteiger partial charge on any atom is 0.0897 e. The van der Waals surface area contributed by atoms with Crippen molar-refractivity contribution in [2.45, 2.75) is 24.9 Å². The summed E-state index contributed by atoms with van der Waals surface area (Å²) >= 11 is 3.55. The molecule has 118 valence electrons. The molecule has 0 saturated carbocycles. The first-order valence-electron chi connectivity index (χ1n) is 7.71. The van der Waals surface area contributed by atoms with Crippen LogP contribution in [0.2, 0.25) is 0 Å². The van der Waals surface area contributed by atoms with Crippen molar-refractivity contribution < 1.29 is 0 Å². The Morgan fingerprint density at radius 2 is 1.68 bits per heavy atom. The van der Waals surface area contributed by atoms with E-state index in [0.29, 0.717) is 0 Å². The number of benzene rings is 1. The average Bonchev–Trinajstić information content (AvgIpc) is 2.95. The number of hydrogen-bond acceptors (Lipinski definition) is 5. The minimum Gasteiger partial charge on any atom is -0.297 e. The summed E-state index contributed by atoms with van der Waals surface area (Å²) in [7, 11) is 0. The van der Waals surface area contributed by atoms with E-state index in [1.165, 1.54) is 21.2 Å². The molecule has 1 saturated heterocycles. The van der Waals surface area contributed by atoms with Crippen LogP contribution in [0.3, 0.4) is 0 Å². The minimum atomic E-state index is 1.00. The molecule has 0 radical (unpaired) electrons. The molecule has 0 amide bonds. The molecule has 0 aliphatic carbocycles. The van der Waals surface area contributed by atoms with E-state index in [-0.39, 0.29) is 0 Å². The largest absolute Gasteiger partial charge is 0.297 e. The van der Waals surface area contributed by atoms with Gasteiger partial charge in [0.15, 0.2) is 0 Å². The molecule has 5 heteroatoms. The molecular weight excluding hydrogens is 310 g/mol. The fourth-order valence-electron chi connectivity index (χ4n) is 2.80. The van der Waals surface area contributed by atoms with E-state index in [0.717, 1.165) is 39.3 Å². The lowest BCUT2D eigenvalue weighted by molar-refractivity contribution is 0.121. The Morgan fingerprint density at radius 3 is 2.23 bits per heavy atom. The van der Waals surface area contributed by atoms with Gasteiger partial charge in [-0.05, 0) is 30.9 Å². The van der Waals surface area contributed by atoms with E-state index < -0.39 is 0 Å². The third-order valence-corrected chi connectivity index (χ3v) is 5.65. The number of thioether (sulfide) groups is 1. The summed E-state index contributed by atoms with van der Waals surface area (Å²) in [4.78, 5) is 11.0. The Morgan fingerprint density at radius 1 is 1.05 bits per heavy atom. The lowest BCUT2D eigenvalue weighted by Crippen LogP contribution is -2.45. The van der Waals surface area contributed by atoms with Gasteiger partial charge in [-0.2, -0.15) is 0 Å². The number of nitrogens with zero attached hydrogens (tertiary/aromatic N) is 3. The van der Waals surface area contributed by atoms with E-state index in [9.17, 15) is 0 Å². The molecule has 1 aliphatic rings. The zero-order valence-electron chi connectivity index (χ0n) is 13.3. The molecule has 1 aliphatic heterocycles. The number of thiazole rings is 1. The standard InChI is InChI=1S/C17H23N3S2/c1-14-18-16(13-22-14)12-20-9-7-19(8-10-20)11-15-3-5-17(21-2)6-4-15/h3-6,13H,7-12H2,1-2H3. The van der Waals surface area contributed by atoms with Crippen LogP contribution < -0.4 is 0 Å². The van der Waals surface area contributed by atoms with Crippen molar-refractivity contribution in [3.8, 4) is 0 Å². The van der Waals surface area contributed by atoms with Crippen LogP contribution in [0.4, 0.5) is 0 Å². The lowest BCUT2D eigenvalue weighted by Gasteiger charge is -2.34. The van der Waals surface area contributed by atoms with E-state index >= 15 is 0 Å². The van der Waals surface area contributed by atoms with Crippen LogP contribution in [0.1, 0.15) is 16.3 Å². The number of aromatic nitrogens is 1. The maximum atomic E-state index is 4.57. The predicted octanol–water partition coefficient (Wildman–Crippen LogP) is 3.49. The van der Waals surface area contributed by atoms with Gasteiger partial charge in [0.2, 0.25) is 0 Å². The molecule has 0 spiro atoms. The zero-order chi connectivity index (χ0) is 15.4. The summed E-state index contributed by atoms with van der Waals surface area (Å²) in [5, 5.41) is 3.36. The highest BCUT2D eigenvalue weighted by atomic mass is 32.2. The SMILES string of the molecule is CSc1ccc(CN2CCN(Cc3csc(C)n3)CC2)cc1. The highest BCUT2D eigenvalue weighted by molar-refractivity contribution is 7.98. The van der Waals surface area contributed by atoms with Crippen LogP contribution in [0, 0.1) is 6.92 Å². The summed E-state index contributed by atoms with van der Waals surface area (Å²) in [5.41, 5.74) is 2.64. The van der Waals surface area contributed by atoms with E-state index in [1.54, 1.807) is 23.1 Å². The van der Waals surface area contributed by atoms with Crippen LogP contribution in [0.25, 0.3) is 0 Å². The molecule has 3 nitrogen and oxygen atoms in total. The third kappa shape index (κ3) is 4.32. The predicted molar refractivity (Wildman–Crippen MR) is 95.6 cm³/mol. The van der Waals surface area contributed by atoms with Crippen molar-refractivity contribution in [1.82, 2.24) is 14.8 Å². The normalized spacial score (nSPS) is 17.0. The van der Waals surface area contributed by atoms with Crippen molar-refractivity contribution in [1.29, 1.82) is 0 Å². The fraction of sp³-hybridized carbons (Fsp3) is 0.471. The second-order valence-corrected chi connectivity index (χ2v) is 7.70. The first-order valence-corrected chi connectivity index (χ1v) is 9.82. The highest BCUT2D eigenvalue weighted by Gasteiger charge is 2.17. The van der Waals surface area contributed by atoms with E-state index in [2.05, 4.69) is 57.6 Å². The molecule has 1 fully saturated rings. The second-order valence-electron chi connectivity index (χ2n) is 5.76. The Kier molecular flexibility index (Phi) is 5.52. The third-order valence-electron chi connectivity index (χ3n) is 4.08. The van der Waals surface area contributed by atoms with Gasteiger partial charge >= 0.3 is 0 Å². The van der Waals surface area contributed by atoms with Gasteiger partial charge in [-0.3, -0.25) is 9.80 Å². The molecule has 0 unspecified atom stereocenters. The van der Waals surface area contributed by atoms with Gasteiger partial charge in [-0.25, -0.2) is 4.98 Å². The van der Waals surface area contributed by atoms with Crippen molar-refractivity contribution >= 4 is 23.1 Å². The molecular formula is C17H23N3S2. The zero-order valence-corrected chi connectivity index (χ0v) is 14.9. The molecule has 2 heterocycles. The Balaban J connectivity index is 1.46. The topological polar surface area (TPSA) is 19.4 Å². The molecule has 1 aromatic heterocycles. The van der Waals surface area contributed by atoms with Gasteiger partial charge in [-0.15, -0.1) is 23.1 Å². The molecule has 22 heavy (non-hydrogen) atoms. The van der Waals surface area contributed by atoms with Gasteiger partial charge in [0.1, 0.15) is 0 Å². The summed E-state index contributed by atoms with van der Waals surface area (Å²) in [6, 6.07) is 8.97. The van der Waals surface area contributed by atoms with Crippen molar-refractivity contribution in [3.05, 3.63) is 45.9 Å². The number of rotatable bonds is 5. The molecule has 0 bridgehead atoms. The van der Waals surface area contributed by atoms with Crippen molar-refractivity contribution in [2.75, 3.05) is 32.4 Å². The van der Waals surface area contributed by atoms with Crippen LogP contribution in [-0.4, -0.2) is 47.2 Å². The monoisotopic (exact) mass is 333 g/mol. The molecule has 2 aromatic rings. The number of aryl methyl sites for hydroxylation is 1. The Bertz CT molecular complexity index is 586. The van der Waals surface area contributed by atoms with Crippen LogP contribution in [-0.2, 0) is 13.1 Å². The maximum absolute atomic E-state index is 4.57. The summed E-state index contributed by atoms with van der Waals surface area (Å²) in [5.74, 6) is 0. The summed E-state index contributed by atoms with van der Waals surface area (Å²) < 4.78 is 0. The van der Waals surface area contributed by atoms with Gasteiger partial charge in [-0.1, -0.05) is 12.1 Å². The fourth-order valence-corrected chi connectivity index (χ4v) is 3.82. The van der Waals surface area contributed by atoms with Gasteiger partial charge < -0.3 is 0 Å². The van der Waals surface area contributed by atoms with Crippen molar-refractivity contribution in [2.24, 2.45) is 0 Å². The molecule has 3 rings (SSSR count). The molecule has 0 N–H and O–H groups in total. The van der Waals surface area contributed by atoms with Gasteiger partial charge in [0.05, 0.1) is 10.7 Å². The van der Waals surface area contributed by atoms with Crippen molar-refractivity contribution in [3.63, 3.8) is 0 Å². The first kappa shape index (κ1) is 16.0. The van der Waals surface area contributed by atoms with Gasteiger partial charge in [0, 0.05) is 49.5 Å². The second kappa shape index (κ2) is 7.59. The van der Waals surface area contributed by atoms with Crippen LogP contribution >= 0.6 is 23.1 Å². The van der Waals surface area contributed by atoms with Gasteiger partial charge in [0.25, 0.3) is 0 Å². The van der Waals surface area contributed by atoms with Crippen LogP contribution in [0.5, 0.6) is 0 Å². The molecule has 1 aromatic carbocycles. The van der Waals surface area contributed by atoms with Crippen LogP contribution in [0.15, 0.2) is 34.5 Å². The Hall–Kier alpha value is -0.880. The quantitative estimate of drug-likeness (QED) is 0.780. The number of piperazine rings is 1. The average molecular weight is 334 g/mol. The smallest absolute Gasteiger partial charge is 0.0897 e. The minimum absolute atomic E-state index is 1.00. The summed E-state index contributed by atoms with van der Waals surface area (Å²) in [6.45, 7) is 8.72. The van der Waals surface area contributed by atoms with E-state index in [1.807, 2.05) is 0 Å². The highest BCUT2D eigenvalue weighted by Crippen LogP contribution is 2.17. The number of hydrogen-bond donors (Lipinski definition) is 0. The Labute approximate surface area is 141 Å². The molecule has 0 atom stereocenters. The summed E-state index contributed by atoms with van der Waals surface area (Å²) in [6.07, 6.45) is 2.12. The lowest BCUT2D eigenvalue weighted by atomic mass is 10.2.